The molecule has 2 aliphatic rings. The van der Waals surface area contributed by atoms with Gasteiger partial charge in [0.25, 0.3) is 0 Å². The zero-order valence-electron chi connectivity index (χ0n) is 15.5. The van der Waals surface area contributed by atoms with Crippen molar-refractivity contribution < 1.29 is 9.84 Å². The average molecular weight is 352 g/mol. The van der Waals surface area contributed by atoms with E-state index < -0.39 is 0 Å². The molecule has 4 heteroatoms. The number of benzene rings is 2. The number of methoxy groups -OCH3 is 1. The number of ether oxygens (including phenoxy) is 1. The molecule has 2 atom stereocenters. The molecule has 2 saturated heterocycles. The molecule has 0 aliphatic carbocycles. The summed E-state index contributed by atoms with van der Waals surface area (Å²) in [5.41, 5.74) is 2.34. The van der Waals surface area contributed by atoms with Crippen molar-refractivity contribution in [3.8, 4) is 11.5 Å². The number of rotatable bonds is 5. The molecule has 2 aromatic rings. The Morgan fingerprint density at radius 3 is 2.77 bits per heavy atom. The first kappa shape index (κ1) is 17.4. The van der Waals surface area contributed by atoms with Crippen molar-refractivity contribution in [2.75, 3.05) is 26.7 Å². The van der Waals surface area contributed by atoms with Gasteiger partial charge >= 0.3 is 0 Å². The van der Waals surface area contributed by atoms with E-state index in [0.29, 0.717) is 17.8 Å². The first-order valence-corrected chi connectivity index (χ1v) is 9.61. The molecule has 26 heavy (non-hydrogen) atoms. The van der Waals surface area contributed by atoms with Gasteiger partial charge in [0.1, 0.15) is 11.5 Å². The molecule has 0 spiro atoms. The van der Waals surface area contributed by atoms with Crippen LogP contribution in [0.4, 0.5) is 0 Å². The minimum absolute atomic E-state index is 0.359. The van der Waals surface area contributed by atoms with Gasteiger partial charge in [-0.25, -0.2) is 0 Å². The second-order valence-corrected chi connectivity index (χ2v) is 7.56. The number of nitrogens with zero attached hydrogens (tertiary/aromatic N) is 2. The lowest BCUT2D eigenvalue weighted by molar-refractivity contribution is 0.0450. The third-order valence-electron chi connectivity index (χ3n) is 5.88. The smallest absolute Gasteiger partial charge is 0.120 e. The summed E-state index contributed by atoms with van der Waals surface area (Å²) in [5, 5.41) is 10.3. The molecule has 138 valence electrons. The molecule has 0 amide bonds. The van der Waals surface area contributed by atoms with Crippen molar-refractivity contribution in [1.29, 1.82) is 0 Å². The second-order valence-electron chi connectivity index (χ2n) is 7.56. The number of piperazine rings is 1. The summed E-state index contributed by atoms with van der Waals surface area (Å²) < 4.78 is 5.35. The first-order valence-electron chi connectivity index (χ1n) is 9.61. The lowest BCUT2D eigenvalue weighted by atomic mass is 9.99. The Balaban J connectivity index is 1.56. The number of fused-ring (bicyclic) bond motifs is 1. The molecule has 2 fully saturated rings. The Kier molecular flexibility index (Phi) is 5.14. The molecular formula is C22H28N2O2. The van der Waals surface area contributed by atoms with E-state index in [2.05, 4.69) is 40.1 Å². The molecule has 0 bridgehead atoms. The highest BCUT2D eigenvalue weighted by Gasteiger charge is 2.36. The molecular weight excluding hydrogens is 324 g/mol. The maximum absolute atomic E-state index is 10.3. The fraction of sp³-hybridized carbons (Fsp3) is 0.455. The van der Waals surface area contributed by atoms with Gasteiger partial charge in [-0.05, 0) is 49.6 Å². The van der Waals surface area contributed by atoms with Crippen molar-refractivity contribution in [3.63, 3.8) is 0 Å². The number of phenols is 1. The summed E-state index contributed by atoms with van der Waals surface area (Å²) in [7, 11) is 1.67. The minimum atomic E-state index is 0.359. The predicted octanol–water partition coefficient (Wildman–Crippen LogP) is 3.29. The maximum atomic E-state index is 10.3. The average Bonchev–Trinajstić information content (AvgIpc) is 3.12. The Hall–Kier alpha value is -2.04. The fourth-order valence-electron chi connectivity index (χ4n) is 4.46. The van der Waals surface area contributed by atoms with Gasteiger partial charge in [-0.2, -0.15) is 0 Å². The van der Waals surface area contributed by atoms with Crippen LogP contribution >= 0.6 is 0 Å². The summed E-state index contributed by atoms with van der Waals surface area (Å²) in [6, 6.07) is 17.4. The van der Waals surface area contributed by atoms with Gasteiger partial charge in [-0.15, -0.1) is 0 Å². The predicted molar refractivity (Wildman–Crippen MR) is 104 cm³/mol. The van der Waals surface area contributed by atoms with Crippen LogP contribution in [-0.4, -0.2) is 53.7 Å². The molecule has 2 heterocycles. The summed E-state index contributed by atoms with van der Waals surface area (Å²) in [6.45, 7) is 4.19. The first-order chi connectivity index (χ1) is 12.7. The number of phenolic OH excluding ortho intramolecular Hbond substituents is 1. The largest absolute Gasteiger partial charge is 0.508 e. The Morgan fingerprint density at radius 1 is 1.12 bits per heavy atom. The third-order valence-corrected chi connectivity index (χ3v) is 5.88. The Bertz CT molecular complexity index is 734. The zero-order valence-corrected chi connectivity index (χ0v) is 15.5. The van der Waals surface area contributed by atoms with E-state index in [4.69, 9.17) is 4.74 Å². The van der Waals surface area contributed by atoms with Crippen LogP contribution in [0, 0.1) is 0 Å². The van der Waals surface area contributed by atoms with E-state index in [1.807, 2.05) is 12.1 Å². The third kappa shape index (κ3) is 3.71. The highest BCUT2D eigenvalue weighted by Crippen LogP contribution is 2.30. The van der Waals surface area contributed by atoms with Crippen molar-refractivity contribution in [1.82, 2.24) is 9.80 Å². The minimum Gasteiger partial charge on any atom is -0.508 e. The molecule has 0 aromatic heterocycles. The van der Waals surface area contributed by atoms with Crippen LogP contribution in [0.1, 0.15) is 24.0 Å². The summed E-state index contributed by atoms with van der Waals surface area (Å²) in [6.07, 6.45) is 3.65. The number of hydrogen-bond donors (Lipinski definition) is 1. The number of hydrogen-bond acceptors (Lipinski definition) is 4. The van der Waals surface area contributed by atoms with E-state index in [1.165, 1.54) is 24.9 Å². The highest BCUT2D eigenvalue weighted by molar-refractivity contribution is 5.39. The zero-order chi connectivity index (χ0) is 17.9. The molecule has 0 unspecified atom stereocenters. The van der Waals surface area contributed by atoms with Gasteiger partial charge in [0, 0.05) is 37.3 Å². The number of aromatic hydroxyl groups is 1. The van der Waals surface area contributed by atoms with Gasteiger partial charge in [-0.1, -0.05) is 30.3 Å². The molecule has 0 saturated carbocycles. The van der Waals surface area contributed by atoms with E-state index in [1.54, 1.807) is 13.2 Å². The van der Waals surface area contributed by atoms with Gasteiger partial charge in [0.15, 0.2) is 0 Å². The van der Waals surface area contributed by atoms with Gasteiger partial charge in [0.2, 0.25) is 0 Å². The maximum Gasteiger partial charge on any atom is 0.120 e. The molecule has 0 radical (unpaired) electrons. The van der Waals surface area contributed by atoms with E-state index in [-0.39, 0.29) is 0 Å². The van der Waals surface area contributed by atoms with Gasteiger partial charge in [-0.3, -0.25) is 9.80 Å². The molecule has 4 rings (SSSR count). The van der Waals surface area contributed by atoms with Crippen LogP contribution in [0.15, 0.2) is 48.5 Å². The van der Waals surface area contributed by atoms with E-state index in [9.17, 15) is 5.11 Å². The standard InChI is InChI=1S/C22H28N2O2/c1-26-21-9-10-22(25)18(13-21)14-24-15-19-8-5-11-23(19)16-20(24)12-17-6-3-2-4-7-17/h2-4,6-7,9-10,13,19-20,25H,5,8,11-12,14-16H2,1H3/t19-,20-/m0/s1. The van der Waals surface area contributed by atoms with Crippen LogP contribution in [0.5, 0.6) is 11.5 Å². The lowest BCUT2D eigenvalue weighted by Crippen LogP contribution is -2.56. The lowest BCUT2D eigenvalue weighted by Gasteiger charge is -2.44. The second kappa shape index (κ2) is 7.68. The summed E-state index contributed by atoms with van der Waals surface area (Å²) in [5.74, 6) is 1.16. The van der Waals surface area contributed by atoms with Crippen molar-refractivity contribution >= 4 is 0 Å². The van der Waals surface area contributed by atoms with E-state index >= 15 is 0 Å². The Morgan fingerprint density at radius 2 is 1.96 bits per heavy atom. The van der Waals surface area contributed by atoms with Crippen molar-refractivity contribution in [2.45, 2.75) is 37.9 Å². The monoisotopic (exact) mass is 352 g/mol. The van der Waals surface area contributed by atoms with Gasteiger partial charge in [0.05, 0.1) is 7.11 Å². The highest BCUT2D eigenvalue weighted by atomic mass is 16.5. The van der Waals surface area contributed by atoms with Crippen LogP contribution in [0.25, 0.3) is 0 Å². The van der Waals surface area contributed by atoms with Gasteiger partial charge < -0.3 is 9.84 Å². The fourth-order valence-corrected chi connectivity index (χ4v) is 4.46. The Labute approximate surface area is 156 Å². The topological polar surface area (TPSA) is 35.9 Å². The van der Waals surface area contributed by atoms with Crippen molar-refractivity contribution in [3.05, 3.63) is 59.7 Å². The molecule has 1 N–H and O–H groups in total. The van der Waals surface area contributed by atoms with E-state index in [0.717, 1.165) is 37.4 Å². The summed E-state index contributed by atoms with van der Waals surface area (Å²) in [4.78, 5) is 5.23. The molecule has 2 aromatic carbocycles. The molecule has 4 nitrogen and oxygen atoms in total. The van der Waals surface area contributed by atoms with Crippen molar-refractivity contribution in [2.24, 2.45) is 0 Å². The molecule has 2 aliphatic heterocycles. The normalized spacial score (nSPS) is 23.7. The quantitative estimate of drug-likeness (QED) is 0.896. The van der Waals surface area contributed by atoms with Crippen LogP contribution in [0.3, 0.4) is 0 Å². The summed E-state index contributed by atoms with van der Waals surface area (Å²) >= 11 is 0. The van der Waals surface area contributed by atoms with Crippen LogP contribution in [0.2, 0.25) is 0 Å². The van der Waals surface area contributed by atoms with Crippen LogP contribution in [-0.2, 0) is 13.0 Å². The van der Waals surface area contributed by atoms with Crippen LogP contribution < -0.4 is 4.74 Å². The SMILES string of the molecule is COc1ccc(O)c(CN2C[C@@H]3CCCN3C[C@@H]2Cc2ccccc2)c1.